The van der Waals surface area contributed by atoms with Gasteiger partial charge in [-0.05, 0) is 55.6 Å². The van der Waals surface area contributed by atoms with Crippen LogP contribution in [-0.4, -0.2) is 11.4 Å². The molecule has 1 aromatic carbocycles. The van der Waals surface area contributed by atoms with E-state index in [0.29, 0.717) is 5.92 Å². The maximum atomic E-state index is 12.6. The minimum absolute atomic E-state index is 0.00743. The monoisotopic (exact) mass is 282 g/mol. The molecule has 0 radical (unpaired) electrons. The number of hydrogen-bond acceptors (Lipinski definition) is 2. The third kappa shape index (κ3) is 2.81. The molecule has 1 saturated carbocycles. The van der Waals surface area contributed by atoms with Gasteiger partial charge >= 0.3 is 0 Å². The molecule has 0 aliphatic heterocycles. The second-order valence-electron chi connectivity index (χ2n) is 6.74. The highest BCUT2D eigenvalue weighted by molar-refractivity contribution is 5.81. The summed E-state index contributed by atoms with van der Waals surface area (Å²) in [6.07, 6.45) is 5.24. The Labute approximate surface area is 126 Å². The van der Waals surface area contributed by atoms with E-state index in [1.807, 2.05) is 12.1 Å². The van der Waals surface area contributed by atoms with Crippen molar-refractivity contribution in [3.05, 3.63) is 35.4 Å². The van der Waals surface area contributed by atoms with E-state index < -0.39 is 5.54 Å². The lowest BCUT2D eigenvalue weighted by Gasteiger charge is -2.35. The molecule has 0 aromatic heterocycles. The lowest BCUT2D eigenvalue weighted by atomic mass is 9.77. The standard InChI is InChI=1S/C18H22N2O/c1-13-6-8-18(12-19,9-7-13)20-17(21)16-10-14-4-2-3-5-15(14)11-16/h2-5,13,16H,6-11H2,1H3,(H,20,21). The fourth-order valence-corrected chi connectivity index (χ4v) is 3.60. The zero-order chi connectivity index (χ0) is 14.9. The van der Waals surface area contributed by atoms with Crippen molar-refractivity contribution in [1.82, 2.24) is 5.32 Å². The fraction of sp³-hybridized carbons (Fsp3) is 0.556. The Kier molecular flexibility index (Phi) is 3.71. The summed E-state index contributed by atoms with van der Waals surface area (Å²) < 4.78 is 0. The Morgan fingerprint density at radius 3 is 2.33 bits per heavy atom. The Hall–Kier alpha value is -1.82. The van der Waals surface area contributed by atoms with Crippen molar-refractivity contribution in [3.8, 4) is 6.07 Å². The molecule has 0 bridgehead atoms. The van der Waals surface area contributed by atoms with E-state index in [1.165, 1.54) is 11.1 Å². The summed E-state index contributed by atoms with van der Waals surface area (Å²) in [6.45, 7) is 2.22. The number of nitrogens with one attached hydrogen (secondary N) is 1. The van der Waals surface area contributed by atoms with Gasteiger partial charge in [-0.1, -0.05) is 31.2 Å². The summed E-state index contributed by atoms with van der Waals surface area (Å²) >= 11 is 0. The van der Waals surface area contributed by atoms with Crippen LogP contribution in [0.3, 0.4) is 0 Å². The molecule has 1 fully saturated rings. The molecule has 1 aromatic rings. The first-order valence-electron chi connectivity index (χ1n) is 7.92. The molecule has 2 aliphatic carbocycles. The lowest BCUT2D eigenvalue weighted by Crippen LogP contribution is -2.51. The molecule has 1 N–H and O–H groups in total. The van der Waals surface area contributed by atoms with Crippen LogP contribution in [0.5, 0.6) is 0 Å². The molecule has 2 aliphatic rings. The van der Waals surface area contributed by atoms with E-state index in [0.717, 1.165) is 38.5 Å². The number of nitriles is 1. The van der Waals surface area contributed by atoms with Crippen molar-refractivity contribution < 1.29 is 4.79 Å². The number of benzene rings is 1. The first kappa shape index (κ1) is 14.1. The van der Waals surface area contributed by atoms with E-state index >= 15 is 0 Å². The molecule has 110 valence electrons. The average molecular weight is 282 g/mol. The zero-order valence-corrected chi connectivity index (χ0v) is 12.6. The van der Waals surface area contributed by atoms with Crippen LogP contribution in [0.2, 0.25) is 0 Å². The van der Waals surface area contributed by atoms with Crippen LogP contribution < -0.4 is 5.32 Å². The Morgan fingerprint density at radius 2 is 1.81 bits per heavy atom. The van der Waals surface area contributed by atoms with Crippen molar-refractivity contribution in [2.24, 2.45) is 11.8 Å². The van der Waals surface area contributed by atoms with E-state index in [9.17, 15) is 10.1 Å². The van der Waals surface area contributed by atoms with Gasteiger partial charge in [-0.2, -0.15) is 5.26 Å². The molecule has 0 spiro atoms. The molecule has 0 unspecified atom stereocenters. The van der Waals surface area contributed by atoms with Gasteiger partial charge in [-0.15, -0.1) is 0 Å². The number of amides is 1. The van der Waals surface area contributed by atoms with Crippen LogP contribution in [0.15, 0.2) is 24.3 Å². The highest BCUT2D eigenvalue weighted by Gasteiger charge is 2.38. The highest BCUT2D eigenvalue weighted by Crippen LogP contribution is 2.33. The summed E-state index contributed by atoms with van der Waals surface area (Å²) in [4.78, 5) is 12.6. The zero-order valence-electron chi connectivity index (χ0n) is 12.6. The van der Waals surface area contributed by atoms with Gasteiger partial charge in [0.2, 0.25) is 5.91 Å². The second kappa shape index (κ2) is 5.52. The molecule has 3 nitrogen and oxygen atoms in total. The van der Waals surface area contributed by atoms with E-state index in [-0.39, 0.29) is 11.8 Å². The van der Waals surface area contributed by atoms with Crippen LogP contribution >= 0.6 is 0 Å². The summed E-state index contributed by atoms with van der Waals surface area (Å²) in [5.41, 5.74) is 1.93. The molecule has 0 saturated heterocycles. The number of fused-ring (bicyclic) bond motifs is 1. The normalized spacial score (nSPS) is 28.7. The predicted molar refractivity (Wildman–Crippen MR) is 81.5 cm³/mol. The summed E-state index contributed by atoms with van der Waals surface area (Å²) in [5, 5.41) is 12.6. The molecule has 0 heterocycles. The minimum atomic E-state index is -0.627. The van der Waals surface area contributed by atoms with Gasteiger partial charge in [0, 0.05) is 5.92 Å². The van der Waals surface area contributed by atoms with Crippen molar-refractivity contribution >= 4 is 5.91 Å². The third-order valence-corrected chi connectivity index (χ3v) is 5.13. The van der Waals surface area contributed by atoms with Crippen LogP contribution in [-0.2, 0) is 17.6 Å². The number of hydrogen-bond donors (Lipinski definition) is 1. The van der Waals surface area contributed by atoms with E-state index in [2.05, 4.69) is 30.4 Å². The van der Waals surface area contributed by atoms with Crippen molar-refractivity contribution in [2.45, 2.75) is 51.0 Å². The van der Waals surface area contributed by atoms with Gasteiger partial charge in [-0.3, -0.25) is 4.79 Å². The van der Waals surface area contributed by atoms with Crippen LogP contribution in [0.4, 0.5) is 0 Å². The van der Waals surface area contributed by atoms with Gasteiger partial charge in [0.15, 0.2) is 0 Å². The Balaban J connectivity index is 1.66. The highest BCUT2D eigenvalue weighted by atomic mass is 16.2. The third-order valence-electron chi connectivity index (χ3n) is 5.13. The fourth-order valence-electron chi connectivity index (χ4n) is 3.60. The lowest BCUT2D eigenvalue weighted by molar-refractivity contribution is -0.126. The summed E-state index contributed by atoms with van der Waals surface area (Å²) in [7, 11) is 0. The molecular weight excluding hydrogens is 260 g/mol. The first-order chi connectivity index (χ1) is 10.1. The van der Waals surface area contributed by atoms with Crippen LogP contribution in [0, 0.1) is 23.2 Å². The Morgan fingerprint density at radius 1 is 1.24 bits per heavy atom. The molecule has 21 heavy (non-hydrogen) atoms. The van der Waals surface area contributed by atoms with Gasteiger partial charge in [0.25, 0.3) is 0 Å². The van der Waals surface area contributed by atoms with Crippen molar-refractivity contribution in [1.29, 1.82) is 5.26 Å². The molecule has 1 amide bonds. The number of nitrogens with zero attached hydrogens (tertiary/aromatic N) is 1. The smallest absolute Gasteiger partial charge is 0.225 e. The van der Waals surface area contributed by atoms with Gasteiger partial charge in [0.05, 0.1) is 6.07 Å². The number of carbonyl (C=O) groups is 1. The molecular formula is C18H22N2O. The van der Waals surface area contributed by atoms with Crippen molar-refractivity contribution in [3.63, 3.8) is 0 Å². The maximum absolute atomic E-state index is 12.6. The van der Waals surface area contributed by atoms with Gasteiger partial charge in [0.1, 0.15) is 5.54 Å². The number of carbonyl (C=O) groups excluding carboxylic acids is 1. The largest absolute Gasteiger partial charge is 0.338 e. The number of rotatable bonds is 2. The van der Waals surface area contributed by atoms with Crippen LogP contribution in [0.1, 0.15) is 43.7 Å². The maximum Gasteiger partial charge on any atom is 0.225 e. The predicted octanol–water partition coefficient (Wildman–Crippen LogP) is 2.99. The summed E-state index contributed by atoms with van der Waals surface area (Å²) in [5.74, 6) is 0.716. The summed E-state index contributed by atoms with van der Waals surface area (Å²) in [6, 6.07) is 10.6. The topological polar surface area (TPSA) is 52.9 Å². The quantitative estimate of drug-likeness (QED) is 0.906. The second-order valence-corrected chi connectivity index (χ2v) is 6.74. The molecule has 3 rings (SSSR count). The molecule has 0 atom stereocenters. The first-order valence-corrected chi connectivity index (χ1v) is 7.92. The van der Waals surface area contributed by atoms with Crippen LogP contribution in [0.25, 0.3) is 0 Å². The van der Waals surface area contributed by atoms with E-state index in [4.69, 9.17) is 0 Å². The van der Waals surface area contributed by atoms with E-state index in [1.54, 1.807) is 0 Å². The average Bonchev–Trinajstić information content (AvgIpc) is 2.94. The van der Waals surface area contributed by atoms with Crippen molar-refractivity contribution in [2.75, 3.05) is 0 Å². The van der Waals surface area contributed by atoms with Gasteiger partial charge in [-0.25, -0.2) is 0 Å². The Bertz CT molecular complexity index is 554. The SMILES string of the molecule is CC1CCC(C#N)(NC(=O)C2Cc3ccccc3C2)CC1. The molecule has 3 heteroatoms. The van der Waals surface area contributed by atoms with Gasteiger partial charge < -0.3 is 5.32 Å². The minimum Gasteiger partial charge on any atom is -0.338 e.